The van der Waals surface area contributed by atoms with Gasteiger partial charge in [-0.3, -0.25) is 9.69 Å². The number of nitrogens with zero attached hydrogens (tertiary/aromatic N) is 1. The molecule has 1 aromatic rings. The molecule has 21 heavy (non-hydrogen) atoms. The SMILES string of the molecule is CC(NC(=O)CN1CCCC(CO)C1)c1ccc(F)cc1. The third kappa shape index (κ3) is 4.79. The van der Waals surface area contributed by atoms with Crippen LogP contribution in [0.3, 0.4) is 0 Å². The number of benzene rings is 1. The zero-order valence-corrected chi connectivity index (χ0v) is 12.4. The van der Waals surface area contributed by atoms with E-state index >= 15 is 0 Å². The van der Waals surface area contributed by atoms with E-state index in [1.165, 1.54) is 12.1 Å². The van der Waals surface area contributed by atoms with Gasteiger partial charge in [-0.15, -0.1) is 0 Å². The maximum absolute atomic E-state index is 12.9. The van der Waals surface area contributed by atoms with Crippen LogP contribution >= 0.6 is 0 Å². The molecule has 4 nitrogen and oxygen atoms in total. The molecule has 2 unspecified atom stereocenters. The van der Waals surface area contributed by atoms with Crippen LogP contribution in [0.5, 0.6) is 0 Å². The van der Waals surface area contributed by atoms with Crippen molar-refractivity contribution < 1.29 is 14.3 Å². The largest absolute Gasteiger partial charge is 0.396 e. The number of aliphatic hydroxyl groups is 1. The molecule has 1 aliphatic rings. The topological polar surface area (TPSA) is 52.6 Å². The van der Waals surface area contributed by atoms with Crippen molar-refractivity contribution in [2.24, 2.45) is 5.92 Å². The second kappa shape index (κ2) is 7.52. The Kier molecular flexibility index (Phi) is 5.70. The van der Waals surface area contributed by atoms with Crippen molar-refractivity contribution in [2.45, 2.75) is 25.8 Å². The van der Waals surface area contributed by atoms with Gasteiger partial charge in [-0.25, -0.2) is 4.39 Å². The lowest BCUT2D eigenvalue weighted by Gasteiger charge is -2.31. The predicted octanol–water partition coefficient (Wildman–Crippen LogP) is 1.71. The molecule has 0 spiro atoms. The average molecular weight is 294 g/mol. The Hall–Kier alpha value is -1.46. The highest BCUT2D eigenvalue weighted by Gasteiger charge is 2.21. The van der Waals surface area contributed by atoms with E-state index in [9.17, 15) is 14.3 Å². The van der Waals surface area contributed by atoms with E-state index in [1.807, 2.05) is 6.92 Å². The zero-order valence-electron chi connectivity index (χ0n) is 12.4. The molecule has 1 heterocycles. The number of hydrogen-bond donors (Lipinski definition) is 2. The van der Waals surface area contributed by atoms with Crippen LogP contribution < -0.4 is 5.32 Å². The summed E-state index contributed by atoms with van der Waals surface area (Å²) in [5.41, 5.74) is 0.886. The molecule has 1 saturated heterocycles. The van der Waals surface area contributed by atoms with Crippen LogP contribution in [-0.4, -0.2) is 42.2 Å². The Bertz CT molecular complexity index is 464. The fourth-order valence-corrected chi connectivity index (χ4v) is 2.77. The van der Waals surface area contributed by atoms with Gasteiger partial charge < -0.3 is 10.4 Å². The molecule has 1 aromatic carbocycles. The summed E-state index contributed by atoms with van der Waals surface area (Å²) in [6.45, 7) is 4.09. The standard InChI is InChI=1S/C16H23FN2O2/c1-12(14-4-6-15(17)7-5-14)18-16(21)10-19-8-2-3-13(9-19)11-20/h4-7,12-13,20H,2-3,8-11H2,1H3,(H,18,21). The van der Waals surface area contributed by atoms with Gasteiger partial charge in [-0.05, 0) is 49.9 Å². The maximum Gasteiger partial charge on any atom is 0.234 e. The normalized spacial score (nSPS) is 21.0. The van der Waals surface area contributed by atoms with E-state index < -0.39 is 0 Å². The number of carbonyl (C=O) groups is 1. The van der Waals surface area contributed by atoms with Crippen molar-refractivity contribution in [1.82, 2.24) is 10.2 Å². The van der Waals surface area contributed by atoms with Crippen molar-refractivity contribution in [2.75, 3.05) is 26.2 Å². The fourth-order valence-electron chi connectivity index (χ4n) is 2.77. The lowest BCUT2D eigenvalue weighted by molar-refractivity contribution is -0.123. The number of amides is 1. The van der Waals surface area contributed by atoms with Crippen molar-refractivity contribution in [1.29, 1.82) is 0 Å². The molecule has 2 N–H and O–H groups in total. The van der Waals surface area contributed by atoms with Crippen LogP contribution in [0.1, 0.15) is 31.4 Å². The van der Waals surface area contributed by atoms with Gasteiger partial charge in [-0.2, -0.15) is 0 Å². The lowest BCUT2D eigenvalue weighted by atomic mass is 9.99. The minimum atomic E-state index is -0.277. The zero-order chi connectivity index (χ0) is 15.2. The number of hydrogen-bond acceptors (Lipinski definition) is 3. The van der Waals surface area contributed by atoms with Crippen LogP contribution in [0.15, 0.2) is 24.3 Å². The Morgan fingerprint density at radius 1 is 1.48 bits per heavy atom. The third-order valence-electron chi connectivity index (χ3n) is 3.98. The molecular formula is C16H23FN2O2. The first-order valence-electron chi connectivity index (χ1n) is 7.46. The molecule has 2 rings (SSSR count). The quantitative estimate of drug-likeness (QED) is 0.869. The van der Waals surface area contributed by atoms with Gasteiger partial charge in [0.25, 0.3) is 0 Å². The molecule has 0 aliphatic carbocycles. The Labute approximate surface area is 125 Å². The van der Waals surface area contributed by atoms with Gasteiger partial charge in [0.15, 0.2) is 0 Å². The van der Waals surface area contributed by atoms with E-state index in [2.05, 4.69) is 10.2 Å². The van der Waals surface area contributed by atoms with E-state index in [1.54, 1.807) is 12.1 Å². The van der Waals surface area contributed by atoms with Gasteiger partial charge in [0.1, 0.15) is 5.82 Å². The van der Waals surface area contributed by atoms with Crippen molar-refractivity contribution in [3.8, 4) is 0 Å². The first kappa shape index (κ1) is 15.9. The molecular weight excluding hydrogens is 271 g/mol. The molecule has 1 aliphatic heterocycles. The number of piperidine rings is 1. The first-order chi connectivity index (χ1) is 10.1. The molecule has 0 aromatic heterocycles. The first-order valence-corrected chi connectivity index (χ1v) is 7.46. The van der Waals surface area contributed by atoms with Gasteiger partial charge in [-0.1, -0.05) is 12.1 Å². The average Bonchev–Trinajstić information content (AvgIpc) is 2.47. The van der Waals surface area contributed by atoms with Crippen molar-refractivity contribution >= 4 is 5.91 Å². The highest BCUT2D eigenvalue weighted by Crippen LogP contribution is 2.16. The van der Waals surface area contributed by atoms with Gasteiger partial charge in [0.05, 0.1) is 12.6 Å². The van der Waals surface area contributed by atoms with Crippen molar-refractivity contribution in [3.05, 3.63) is 35.6 Å². The van der Waals surface area contributed by atoms with Gasteiger partial charge in [0, 0.05) is 13.2 Å². The number of halogens is 1. The summed E-state index contributed by atoms with van der Waals surface area (Å²) in [5.74, 6) is -0.0351. The Morgan fingerprint density at radius 2 is 2.19 bits per heavy atom. The lowest BCUT2D eigenvalue weighted by Crippen LogP contribution is -2.43. The number of nitrogens with one attached hydrogen (secondary N) is 1. The minimum Gasteiger partial charge on any atom is -0.396 e. The molecule has 2 atom stereocenters. The molecule has 0 bridgehead atoms. The Morgan fingerprint density at radius 3 is 2.86 bits per heavy atom. The summed E-state index contributed by atoms with van der Waals surface area (Å²) in [4.78, 5) is 14.1. The van der Waals surface area contributed by atoms with E-state index in [0.29, 0.717) is 6.54 Å². The predicted molar refractivity (Wildman–Crippen MR) is 79.2 cm³/mol. The van der Waals surface area contributed by atoms with Crippen LogP contribution in [0.25, 0.3) is 0 Å². The summed E-state index contributed by atoms with van der Waals surface area (Å²) >= 11 is 0. The summed E-state index contributed by atoms with van der Waals surface area (Å²) in [5, 5.41) is 12.1. The second-order valence-corrected chi connectivity index (χ2v) is 5.77. The fraction of sp³-hybridized carbons (Fsp3) is 0.562. The highest BCUT2D eigenvalue weighted by atomic mass is 19.1. The highest BCUT2D eigenvalue weighted by molar-refractivity contribution is 5.78. The smallest absolute Gasteiger partial charge is 0.234 e. The summed E-state index contributed by atoms with van der Waals surface area (Å²) < 4.78 is 12.9. The maximum atomic E-state index is 12.9. The van der Waals surface area contributed by atoms with Crippen LogP contribution in [-0.2, 0) is 4.79 Å². The third-order valence-corrected chi connectivity index (χ3v) is 3.98. The number of rotatable bonds is 5. The summed E-state index contributed by atoms with van der Waals surface area (Å²) in [6.07, 6.45) is 2.05. The van der Waals surface area contributed by atoms with E-state index in [-0.39, 0.29) is 30.3 Å². The van der Waals surface area contributed by atoms with E-state index in [4.69, 9.17) is 0 Å². The molecule has 1 fully saturated rings. The number of carbonyl (C=O) groups excluding carboxylic acids is 1. The van der Waals surface area contributed by atoms with Gasteiger partial charge >= 0.3 is 0 Å². The molecule has 1 amide bonds. The minimum absolute atomic E-state index is 0.0367. The molecule has 0 radical (unpaired) electrons. The molecule has 0 saturated carbocycles. The molecule has 5 heteroatoms. The van der Waals surface area contributed by atoms with Crippen LogP contribution in [0, 0.1) is 11.7 Å². The van der Waals surface area contributed by atoms with Crippen molar-refractivity contribution in [3.63, 3.8) is 0 Å². The monoisotopic (exact) mass is 294 g/mol. The molecule has 116 valence electrons. The second-order valence-electron chi connectivity index (χ2n) is 5.77. The van der Waals surface area contributed by atoms with Gasteiger partial charge in [0.2, 0.25) is 5.91 Å². The number of likely N-dealkylation sites (tertiary alicyclic amines) is 1. The van der Waals surface area contributed by atoms with Crippen LogP contribution in [0.4, 0.5) is 4.39 Å². The van der Waals surface area contributed by atoms with E-state index in [0.717, 1.165) is 31.5 Å². The number of aliphatic hydroxyl groups excluding tert-OH is 1. The summed E-state index contributed by atoms with van der Waals surface area (Å²) in [6, 6.07) is 6.02. The Balaban J connectivity index is 1.82. The van der Waals surface area contributed by atoms with Crippen LogP contribution in [0.2, 0.25) is 0 Å². The summed E-state index contributed by atoms with van der Waals surface area (Å²) in [7, 11) is 0.